The van der Waals surface area contributed by atoms with Crippen LogP contribution < -0.4 is 5.73 Å². The normalized spacial score (nSPS) is 16.9. The first-order valence-electron chi connectivity index (χ1n) is 9.82. The summed E-state index contributed by atoms with van der Waals surface area (Å²) in [6.45, 7) is 8.10. The summed E-state index contributed by atoms with van der Waals surface area (Å²) >= 11 is 0. The molecule has 1 aliphatic heterocycles. The van der Waals surface area contributed by atoms with Crippen LogP contribution in [0, 0.1) is 5.41 Å². The van der Waals surface area contributed by atoms with Gasteiger partial charge in [0.25, 0.3) is 0 Å². The number of aromatic nitrogens is 3. The third-order valence-electron chi connectivity index (χ3n) is 5.81. The van der Waals surface area contributed by atoms with E-state index in [0.717, 1.165) is 34.0 Å². The number of nitrogen functional groups attached to an aromatic ring is 1. The van der Waals surface area contributed by atoms with Crippen LogP contribution in [0.15, 0.2) is 48.8 Å². The lowest BCUT2D eigenvalue weighted by Gasteiger charge is -2.19. The highest BCUT2D eigenvalue weighted by Crippen LogP contribution is 2.31. The van der Waals surface area contributed by atoms with Crippen LogP contribution in [-0.4, -0.2) is 32.9 Å². The summed E-state index contributed by atoms with van der Waals surface area (Å²) in [5, 5.41) is 2.13. The van der Waals surface area contributed by atoms with Gasteiger partial charge in [-0.2, -0.15) is 0 Å². The van der Waals surface area contributed by atoms with E-state index in [1.165, 1.54) is 30.6 Å². The molecular weight excluding hydrogens is 346 g/mol. The molecule has 5 rings (SSSR count). The van der Waals surface area contributed by atoms with E-state index in [9.17, 15) is 0 Å². The van der Waals surface area contributed by atoms with E-state index in [2.05, 4.69) is 64.0 Å². The van der Waals surface area contributed by atoms with Crippen LogP contribution in [0.1, 0.15) is 25.8 Å². The standard InChI is InChI=1S/C23H25N5/c1-23(2)7-8-28(14-23)13-15-3-5-16(6-4-15)17-9-19-18-10-21(24)25-12-20(18)27-22(19)26-11-17/h3-6,9-12H,7-8,13-14H2,1-2H3,(H2,24,25)(H,26,27). The molecule has 5 nitrogen and oxygen atoms in total. The van der Waals surface area contributed by atoms with Crippen molar-refractivity contribution in [3.05, 3.63) is 54.4 Å². The predicted molar refractivity (Wildman–Crippen MR) is 115 cm³/mol. The maximum absolute atomic E-state index is 5.87. The molecule has 1 fully saturated rings. The second-order valence-electron chi connectivity index (χ2n) is 8.72. The van der Waals surface area contributed by atoms with Crippen LogP contribution in [0.2, 0.25) is 0 Å². The Balaban J connectivity index is 1.43. The molecule has 0 atom stereocenters. The molecule has 0 amide bonds. The summed E-state index contributed by atoms with van der Waals surface area (Å²) in [5.41, 5.74) is 11.8. The van der Waals surface area contributed by atoms with Gasteiger partial charge in [-0.25, -0.2) is 9.97 Å². The summed E-state index contributed by atoms with van der Waals surface area (Å²) in [6, 6.07) is 13.0. The lowest BCUT2D eigenvalue weighted by molar-refractivity contribution is 0.284. The second-order valence-corrected chi connectivity index (χ2v) is 8.72. The van der Waals surface area contributed by atoms with Crippen LogP contribution in [0.4, 0.5) is 5.82 Å². The summed E-state index contributed by atoms with van der Waals surface area (Å²) in [5.74, 6) is 0.522. The Morgan fingerprint density at radius 2 is 1.86 bits per heavy atom. The molecule has 0 radical (unpaired) electrons. The van der Waals surface area contributed by atoms with Gasteiger partial charge in [0.1, 0.15) is 11.5 Å². The Kier molecular flexibility index (Phi) is 3.88. The molecule has 5 heteroatoms. The summed E-state index contributed by atoms with van der Waals surface area (Å²) in [6.07, 6.45) is 4.97. The quantitative estimate of drug-likeness (QED) is 0.552. The number of fused-ring (bicyclic) bond motifs is 3. The van der Waals surface area contributed by atoms with Gasteiger partial charge in [0, 0.05) is 35.6 Å². The maximum Gasteiger partial charge on any atom is 0.138 e. The van der Waals surface area contributed by atoms with E-state index >= 15 is 0 Å². The Hall–Kier alpha value is -2.92. The number of aromatic amines is 1. The van der Waals surface area contributed by atoms with E-state index < -0.39 is 0 Å². The number of hydrogen-bond acceptors (Lipinski definition) is 4. The topological polar surface area (TPSA) is 70.8 Å². The molecule has 3 aromatic heterocycles. The van der Waals surface area contributed by atoms with Gasteiger partial charge in [-0.1, -0.05) is 38.1 Å². The number of rotatable bonds is 3. The highest BCUT2D eigenvalue weighted by molar-refractivity contribution is 6.07. The zero-order chi connectivity index (χ0) is 19.3. The van der Waals surface area contributed by atoms with Crippen molar-refractivity contribution in [2.24, 2.45) is 5.41 Å². The SMILES string of the molecule is CC1(C)CCN(Cc2ccc(-c3cnc4[nH]c5cnc(N)cc5c4c3)cc2)C1. The highest BCUT2D eigenvalue weighted by Gasteiger charge is 2.28. The van der Waals surface area contributed by atoms with Crippen molar-refractivity contribution in [3.8, 4) is 11.1 Å². The van der Waals surface area contributed by atoms with Crippen LogP contribution in [0.5, 0.6) is 0 Å². The average Bonchev–Trinajstić information content (AvgIpc) is 3.21. The van der Waals surface area contributed by atoms with E-state index in [4.69, 9.17) is 5.73 Å². The van der Waals surface area contributed by atoms with Crippen LogP contribution in [0.25, 0.3) is 33.1 Å². The largest absolute Gasteiger partial charge is 0.384 e. The molecular formula is C23H25N5. The minimum Gasteiger partial charge on any atom is -0.384 e. The van der Waals surface area contributed by atoms with Crippen molar-refractivity contribution in [2.45, 2.75) is 26.8 Å². The Morgan fingerprint density at radius 1 is 1.04 bits per heavy atom. The summed E-state index contributed by atoms with van der Waals surface area (Å²) in [7, 11) is 0. The summed E-state index contributed by atoms with van der Waals surface area (Å²) in [4.78, 5) is 14.6. The van der Waals surface area contributed by atoms with Crippen LogP contribution >= 0.6 is 0 Å². The second kappa shape index (κ2) is 6.31. The number of nitrogens with one attached hydrogen (secondary N) is 1. The molecule has 0 saturated carbocycles. The van der Waals surface area contributed by atoms with Crippen molar-refractivity contribution < 1.29 is 0 Å². The highest BCUT2D eigenvalue weighted by atomic mass is 15.1. The molecule has 1 aromatic carbocycles. The molecule has 3 N–H and O–H groups in total. The maximum atomic E-state index is 5.87. The third kappa shape index (κ3) is 3.12. The van der Waals surface area contributed by atoms with Crippen molar-refractivity contribution >= 4 is 27.8 Å². The first-order chi connectivity index (χ1) is 13.5. The van der Waals surface area contributed by atoms with Gasteiger partial charge in [0.2, 0.25) is 0 Å². The molecule has 1 aliphatic rings. The van der Waals surface area contributed by atoms with Gasteiger partial charge in [-0.3, -0.25) is 4.90 Å². The molecule has 1 saturated heterocycles. The molecule has 0 bridgehead atoms. The molecule has 4 aromatic rings. The number of H-pyrrole nitrogens is 1. The molecule has 28 heavy (non-hydrogen) atoms. The van der Waals surface area contributed by atoms with E-state index in [1.807, 2.05) is 12.3 Å². The Bertz CT molecular complexity index is 1160. The van der Waals surface area contributed by atoms with Gasteiger partial charge in [-0.05, 0) is 41.6 Å². The fraction of sp³-hybridized carbons (Fsp3) is 0.304. The predicted octanol–water partition coefficient (Wildman–Crippen LogP) is 4.59. The van der Waals surface area contributed by atoms with Crippen molar-refractivity contribution in [1.82, 2.24) is 19.9 Å². The van der Waals surface area contributed by atoms with Crippen molar-refractivity contribution in [2.75, 3.05) is 18.8 Å². The van der Waals surface area contributed by atoms with Gasteiger partial charge in [0.15, 0.2) is 0 Å². The van der Waals surface area contributed by atoms with Crippen LogP contribution in [-0.2, 0) is 6.54 Å². The first-order valence-corrected chi connectivity index (χ1v) is 9.82. The minimum atomic E-state index is 0.444. The number of anilines is 1. The number of benzene rings is 1. The fourth-order valence-electron chi connectivity index (χ4n) is 4.27. The monoisotopic (exact) mass is 371 g/mol. The summed E-state index contributed by atoms with van der Waals surface area (Å²) < 4.78 is 0. The molecule has 142 valence electrons. The molecule has 0 unspecified atom stereocenters. The lowest BCUT2D eigenvalue weighted by atomic mass is 9.93. The van der Waals surface area contributed by atoms with Crippen molar-refractivity contribution in [1.29, 1.82) is 0 Å². The van der Waals surface area contributed by atoms with Gasteiger partial charge < -0.3 is 10.7 Å². The first kappa shape index (κ1) is 17.2. The zero-order valence-electron chi connectivity index (χ0n) is 16.4. The number of pyridine rings is 2. The van der Waals surface area contributed by atoms with E-state index in [1.54, 1.807) is 6.20 Å². The minimum absolute atomic E-state index is 0.444. The number of hydrogen-bond donors (Lipinski definition) is 2. The van der Waals surface area contributed by atoms with Crippen molar-refractivity contribution in [3.63, 3.8) is 0 Å². The van der Waals surface area contributed by atoms with E-state index in [-0.39, 0.29) is 0 Å². The zero-order valence-corrected chi connectivity index (χ0v) is 16.4. The van der Waals surface area contributed by atoms with E-state index in [0.29, 0.717) is 11.2 Å². The smallest absolute Gasteiger partial charge is 0.138 e. The number of nitrogens with two attached hydrogens (primary N) is 1. The average molecular weight is 371 g/mol. The number of likely N-dealkylation sites (tertiary alicyclic amines) is 1. The molecule has 0 spiro atoms. The van der Waals surface area contributed by atoms with Gasteiger partial charge in [-0.15, -0.1) is 0 Å². The van der Waals surface area contributed by atoms with Crippen LogP contribution in [0.3, 0.4) is 0 Å². The Labute approximate surface area is 164 Å². The van der Waals surface area contributed by atoms with Gasteiger partial charge in [0.05, 0.1) is 11.7 Å². The molecule has 0 aliphatic carbocycles. The van der Waals surface area contributed by atoms with Gasteiger partial charge >= 0.3 is 0 Å². The third-order valence-corrected chi connectivity index (χ3v) is 5.81. The Morgan fingerprint density at radius 3 is 2.61 bits per heavy atom. The molecule has 4 heterocycles. The lowest BCUT2D eigenvalue weighted by Crippen LogP contribution is -2.22. The fourth-order valence-corrected chi connectivity index (χ4v) is 4.27. The number of nitrogens with zero attached hydrogens (tertiary/aromatic N) is 3.